The summed E-state index contributed by atoms with van der Waals surface area (Å²) < 4.78 is 32.1. The number of nitrogens with two attached hydrogens (primary N) is 1. The van der Waals surface area contributed by atoms with E-state index in [0.29, 0.717) is 6.54 Å². The second-order valence-corrected chi connectivity index (χ2v) is 5.62. The topological polar surface area (TPSA) is 79.9 Å². The number of aliphatic hydroxyl groups is 1. The van der Waals surface area contributed by atoms with E-state index in [0.717, 1.165) is 31.6 Å². The SMILES string of the molecule is CC(O)(CN=C(N)NCC1CCCO1)c1ccc(F)cc1F. The second kappa shape index (κ2) is 7.02. The van der Waals surface area contributed by atoms with E-state index in [1.165, 1.54) is 13.0 Å². The average molecular weight is 313 g/mol. The molecule has 0 aliphatic carbocycles. The minimum atomic E-state index is -1.58. The van der Waals surface area contributed by atoms with Gasteiger partial charge in [0.25, 0.3) is 0 Å². The summed E-state index contributed by atoms with van der Waals surface area (Å²) in [5.74, 6) is -1.36. The number of benzene rings is 1. The highest BCUT2D eigenvalue weighted by atomic mass is 19.1. The molecule has 0 amide bonds. The molecule has 5 nitrogen and oxygen atoms in total. The molecule has 1 aromatic carbocycles. The van der Waals surface area contributed by atoms with Gasteiger partial charge in [0.15, 0.2) is 5.96 Å². The Labute approximate surface area is 128 Å². The second-order valence-electron chi connectivity index (χ2n) is 5.62. The van der Waals surface area contributed by atoms with Crippen LogP contribution in [0.3, 0.4) is 0 Å². The fraction of sp³-hybridized carbons (Fsp3) is 0.533. The van der Waals surface area contributed by atoms with Gasteiger partial charge in [-0.25, -0.2) is 8.78 Å². The number of nitrogens with one attached hydrogen (secondary N) is 1. The molecule has 0 spiro atoms. The minimum absolute atomic E-state index is 0.0235. The number of hydrogen-bond donors (Lipinski definition) is 3. The van der Waals surface area contributed by atoms with Crippen molar-refractivity contribution in [2.45, 2.75) is 31.5 Å². The molecule has 7 heteroatoms. The van der Waals surface area contributed by atoms with Crippen molar-refractivity contribution in [1.29, 1.82) is 0 Å². The lowest BCUT2D eigenvalue weighted by Gasteiger charge is -2.22. The number of halogens is 2. The van der Waals surface area contributed by atoms with Crippen molar-refractivity contribution in [3.63, 3.8) is 0 Å². The Kier molecular flexibility index (Phi) is 5.31. The Bertz CT molecular complexity index is 544. The first-order valence-electron chi connectivity index (χ1n) is 7.22. The third-order valence-electron chi connectivity index (χ3n) is 3.60. The summed E-state index contributed by atoms with van der Waals surface area (Å²) in [7, 11) is 0. The van der Waals surface area contributed by atoms with Crippen LogP contribution in [0.15, 0.2) is 23.2 Å². The molecule has 1 aliphatic heterocycles. The Balaban J connectivity index is 1.93. The quantitative estimate of drug-likeness (QED) is 0.565. The van der Waals surface area contributed by atoms with Crippen LogP contribution in [0.25, 0.3) is 0 Å². The zero-order valence-corrected chi connectivity index (χ0v) is 12.5. The molecule has 1 heterocycles. The zero-order valence-electron chi connectivity index (χ0n) is 12.5. The molecule has 122 valence electrons. The van der Waals surface area contributed by atoms with Crippen LogP contribution in [-0.2, 0) is 10.3 Å². The summed E-state index contributed by atoms with van der Waals surface area (Å²) in [6, 6.07) is 3.03. The number of guanidine groups is 1. The highest BCUT2D eigenvalue weighted by Crippen LogP contribution is 2.24. The maximum absolute atomic E-state index is 13.7. The summed E-state index contributed by atoms with van der Waals surface area (Å²) in [6.07, 6.45) is 2.12. The average Bonchev–Trinajstić information content (AvgIpc) is 2.96. The summed E-state index contributed by atoms with van der Waals surface area (Å²) >= 11 is 0. The van der Waals surface area contributed by atoms with Gasteiger partial charge in [0.2, 0.25) is 0 Å². The van der Waals surface area contributed by atoms with Gasteiger partial charge in [-0.2, -0.15) is 0 Å². The van der Waals surface area contributed by atoms with Crippen molar-refractivity contribution in [3.8, 4) is 0 Å². The lowest BCUT2D eigenvalue weighted by molar-refractivity contribution is 0.0632. The standard InChI is InChI=1S/C15H21F2N3O2/c1-15(21,12-5-4-10(16)7-13(12)17)9-20-14(18)19-8-11-3-2-6-22-11/h4-5,7,11,21H,2-3,6,8-9H2,1H3,(H3,18,19,20). The lowest BCUT2D eigenvalue weighted by Crippen LogP contribution is -2.38. The number of rotatable bonds is 5. The van der Waals surface area contributed by atoms with Crippen LogP contribution >= 0.6 is 0 Å². The molecule has 1 saturated heterocycles. The molecule has 0 bridgehead atoms. The normalized spacial score (nSPS) is 21.6. The first-order valence-corrected chi connectivity index (χ1v) is 7.22. The molecular weight excluding hydrogens is 292 g/mol. The monoisotopic (exact) mass is 313 g/mol. The lowest BCUT2D eigenvalue weighted by atomic mass is 9.95. The van der Waals surface area contributed by atoms with Crippen LogP contribution < -0.4 is 11.1 Å². The highest BCUT2D eigenvalue weighted by molar-refractivity contribution is 5.77. The van der Waals surface area contributed by atoms with Gasteiger partial charge in [-0.1, -0.05) is 6.07 Å². The molecular formula is C15H21F2N3O2. The summed E-state index contributed by atoms with van der Waals surface area (Å²) in [5, 5.41) is 13.2. The third-order valence-corrected chi connectivity index (χ3v) is 3.60. The highest BCUT2D eigenvalue weighted by Gasteiger charge is 2.26. The molecule has 2 unspecified atom stereocenters. The van der Waals surface area contributed by atoms with Gasteiger partial charge in [0, 0.05) is 24.8 Å². The zero-order chi connectivity index (χ0) is 16.2. The number of nitrogens with zero attached hydrogens (tertiary/aromatic N) is 1. The van der Waals surface area contributed by atoms with E-state index in [2.05, 4.69) is 10.3 Å². The van der Waals surface area contributed by atoms with Gasteiger partial charge in [-0.3, -0.25) is 4.99 Å². The van der Waals surface area contributed by atoms with Crippen molar-refractivity contribution in [2.75, 3.05) is 19.7 Å². The largest absolute Gasteiger partial charge is 0.383 e. The van der Waals surface area contributed by atoms with Crippen LogP contribution in [-0.4, -0.2) is 36.9 Å². The van der Waals surface area contributed by atoms with E-state index in [-0.39, 0.29) is 24.2 Å². The van der Waals surface area contributed by atoms with E-state index >= 15 is 0 Å². The van der Waals surface area contributed by atoms with E-state index in [1.807, 2.05) is 0 Å². The van der Waals surface area contributed by atoms with E-state index in [1.54, 1.807) is 0 Å². The van der Waals surface area contributed by atoms with Crippen LogP contribution in [0.4, 0.5) is 8.78 Å². The molecule has 1 aromatic rings. The maximum Gasteiger partial charge on any atom is 0.188 e. The van der Waals surface area contributed by atoms with Crippen LogP contribution in [0.2, 0.25) is 0 Å². The summed E-state index contributed by atoms with van der Waals surface area (Å²) in [5.41, 5.74) is 4.12. The number of aliphatic imine (C=N–C) groups is 1. The molecule has 1 fully saturated rings. The van der Waals surface area contributed by atoms with Gasteiger partial charge in [0.1, 0.15) is 17.2 Å². The summed E-state index contributed by atoms with van der Waals surface area (Å²) in [4.78, 5) is 4.01. The van der Waals surface area contributed by atoms with Crippen molar-refractivity contribution in [2.24, 2.45) is 10.7 Å². The van der Waals surface area contributed by atoms with Crippen molar-refractivity contribution in [1.82, 2.24) is 5.32 Å². The van der Waals surface area contributed by atoms with Crippen LogP contribution in [0.1, 0.15) is 25.3 Å². The molecule has 1 aliphatic rings. The van der Waals surface area contributed by atoms with E-state index < -0.39 is 17.2 Å². The molecule has 2 rings (SSSR count). The smallest absolute Gasteiger partial charge is 0.188 e. The van der Waals surface area contributed by atoms with Gasteiger partial charge < -0.3 is 20.9 Å². The Morgan fingerprint density at radius 3 is 2.95 bits per heavy atom. The minimum Gasteiger partial charge on any atom is -0.383 e. The van der Waals surface area contributed by atoms with Gasteiger partial charge in [-0.05, 0) is 25.8 Å². The fourth-order valence-corrected chi connectivity index (χ4v) is 2.33. The third kappa shape index (κ3) is 4.38. The number of hydrogen-bond acceptors (Lipinski definition) is 3. The van der Waals surface area contributed by atoms with Crippen molar-refractivity contribution in [3.05, 3.63) is 35.4 Å². The number of ether oxygens (including phenoxy) is 1. The predicted molar refractivity (Wildman–Crippen MR) is 79.4 cm³/mol. The van der Waals surface area contributed by atoms with E-state index in [4.69, 9.17) is 10.5 Å². The molecule has 4 N–H and O–H groups in total. The maximum atomic E-state index is 13.7. The van der Waals surface area contributed by atoms with E-state index in [9.17, 15) is 13.9 Å². The Morgan fingerprint density at radius 2 is 2.32 bits per heavy atom. The fourth-order valence-electron chi connectivity index (χ4n) is 2.33. The molecule has 0 aromatic heterocycles. The Morgan fingerprint density at radius 1 is 1.55 bits per heavy atom. The van der Waals surface area contributed by atoms with Crippen LogP contribution in [0.5, 0.6) is 0 Å². The summed E-state index contributed by atoms with van der Waals surface area (Å²) in [6.45, 7) is 2.56. The van der Waals surface area contributed by atoms with Gasteiger partial charge in [-0.15, -0.1) is 0 Å². The van der Waals surface area contributed by atoms with Gasteiger partial charge in [0.05, 0.1) is 12.6 Å². The molecule has 22 heavy (non-hydrogen) atoms. The predicted octanol–water partition coefficient (Wildman–Crippen LogP) is 1.26. The molecule has 2 atom stereocenters. The van der Waals surface area contributed by atoms with Crippen molar-refractivity contribution >= 4 is 5.96 Å². The molecule has 0 saturated carbocycles. The first-order chi connectivity index (χ1) is 10.4. The van der Waals surface area contributed by atoms with Crippen LogP contribution in [0, 0.1) is 11.6 Å². The van der Waals surface area contributed by atoms with Gasteiger partial charge >= 0.3 is 0 Å². The Hall–Kier alpha value is -1.73. The first kappa shape index (κ1) is 16.6. The van der Waals surface area contributed by atoms with Crippen molar-refractivity contribution < 1.29 is 18.6 Å². The molecule has 0 radical (unpaired) electrons.